The third-order valence-corrected chi connectivity index (χ3v) is 3.31. The van der Waals surface area contributed by atoms with E-state index in [2.05, 4.69) is 4.98 Å². The Labute approximate surface area is 89.5 Å². The van der Waals surface area contributed by atoms with E-state index in [1.165, 1.54) is 30.5 Å². The lowest BCUT2D eigenvalue weighted by molar-refractivity contribution is -0.138. The summed E-state index contributed by atoms with van der Waals surface area (Å²) in [5, 5.41) is 9.01. The van der Waals surface area contributed by atoms with E-state index in [4.69, 9.17) is 5.11 Å². The van der Waals surface area contributed by atoms with Gasteiger partial charge in [0.15, 0.2) is 0 Å². The summed E-state index contributed by atoms with van der Waals surface area (Å²) in [6.45, 7) is 1.76. The SMILES string of the molecule is CC(C(=O)O)c1c[nH]c2c1CCCCC2. The van der Waals surface area contributed by atoms with Crippen LogP contribution in [0.4, 0.5) is 0 Å². The molecular formula is C12H17NO2. The predicted molar refractivity (Wildman–Crippen MR) is 58.1 cm³/mol. The number of aliphatic carboxylic acids is 1. The molecular weight excluding hydrogens is 190 g/mol. The molecule has 1 aliphatic rings. The first-order chi connectivity index (χ1) is 7.20. The molecule has 1 heterocycles. The van der Waals surface area contributed by atoms with Crippen molar-refractivity contribution in [2.45, 2.75) is 44.9 Å². The summed E-state index contributed by atoms with van der Waals surface area (Å²) in [5.41, 5.74) is 3.51. The van der Waals surface area contributed by atoms with Gasteiger partial charge in [0.25, 0.3) is 0 Å². The molecule has 0 spiro atoms. The summed E-state index contributed by atoms with van der Waals surface area (Å²) in [4.78, 5) is 14.2. The van der Waals surface area contributed by atoms with E-state index in [1.54, 1.807) is 6.92 Å². The van der Waals surface area contributed by atoms with Crippen molar-refractivity contribution >= 4 is 5.97 Å². The molecule has 3 nitrogen and oxygen atoms in total. The number of aromatic nitrogens is 1. The molecule has 2 N–H and O–H groups in total. The minimum atomic E-state index is -0.735. The molecule has 2 rings (SSSR count). The predicted octanol–water partition coefficient (Wildman–Crippen LogP) is 2.47. The fraction of sp³-hybridized carbons (Fsp3) is 0.583. The molecule has 3 heteroatoms. The quantitative estimate of drug-likeness (QED) is 0.732. The monoisotopic (exact) mass is 207 g/mol. The first kappa shape index (κ1) is 10.3. The van der Waals surface area contributed by atoms with Gasteiger partial charge in [-0.15, -0.1) is 0 Å². The molecule has 1 aliphatic carbocycles. The smallest absolute Gasteiger partial charge is 0.310 e. The van der Waals surface area contributed by atoms with E-state index >= 15 is 0 Å². The van der Waals surface area contributed by atoms with Crippen LogP contribution in [0.15, 0.2) is 6.20 Å². The average molecular weight is 207 g/mol. The van der Waals surface area contributed by atoms with Crippen molar-refractivity contribution < 1.29 is 9.90 Å². The second-order valence-electron chi connectivity index (χ2n) is 4.32. The first-order valence-electron chi connectivity index (χ1n) is 5.62. The number of H-pyrrole nitrogens is 1. The Morgan fingerprint density at radius 2 is 2.13 bits per heavy atom. The highest BCUT2D eigenvalue weighted by molar-refractivity contribution is 5.76. The van der Waals surface area contributed by atoms with Gasteiger partial charge in [0.1, 0.15) is 0 Å². The van der Waals surface area contributed by atoms with Crippen LogP contribution in [0.1, 0.15) is 48.9 Å². The lowest BCUT2D eigenvalue weighted by atomic mass is 9.96. The lowest BCUT2D eigenvalue weighted by Crippen LogP contribution is -2.08. The molecule has 0 amide bonds. The van der Waals surface area contributed by atoms with Gasteiger partial charge in [-0.25, -0.2) is 0 Å². The van der Waals surface area contributed by atoms with Crippen LogP contribution in [0, 0.1) is 0 Å². The number of rotatable bonds is 2. The standard InChI is InChI=1S/C12H17NO2/c1-8(12(14)15)10-7-13-11-6-4-2-3-5-9(10)11/h7-8,13H,2-6H2,1H3,(H,14,15). The number of fused-ring (bicyclic) bond motifs is 1. The Kier molecular flexibility index (Phi) is 2.80. The van der Waals surface area contributed by atoms with Crippen molar-refractivity contribution in [3.05, 3.63) is 23.0 Å². The second kappa shape index (κ2) is 4.09. The van der Waals surface area contributed by atoms with Gasteiger partial charge < -0.3 is 10.1 Å². The van der Waals surface area contributed by atoms with Gasteiger partial charge in [-0.2, -0.15) is 0 Å². The number of carbonyl (C=O) groups is 1. The van der Waals surface area contributed by atoms with Crippen LogP contribution >= 0.6 is 0 Å². The van der Waals surface area contributed by atoms with E-state index in [9.17, 15) is 4.79 Å². The van der Waals surface area contributed by atoms with Gasteiger partial charge in [-0.05, 0) is 43.7 Å². The Morgan fingerprint density at radius 3 is 2.87 bits per heavy atom. The molecule has 0 fully saturated rings. The molecule has 0 radical (unpaired) electrons. The number of aromatic amines is 1. The average Bonchev–Trinajstić information content (AvgIpc) is 2.46. The maximum atomic E-state index is 11.0. The summed E-state index contributed by atoms with van der Waals surface area (Å²) in [7, 11) is 0. The van der Waals surface area contributed by atoms with Crippen LogP contribution in [-0.2, 0) is 17.6 Å². The Morgan fingerprint density at radius 1 is 1.40 bits per heavy atom. The molecule has 0 bridgehead atoms. The molecule has 1 unspecified atom stereocenters. The highest BCUT2D eigenvalue weighted by Crippen LogP contribution is 2.28. The molecule has 1 aromatic heterocycles. The van der Waals surface area contributed by atoms with Crippen LogP contribution < -0.4 is 0 Å². The molecule has 1 atom stereocenters. The largest absolute Gasteiger partial charge is 0.481 e. The summed E-state index contributed by atoms with van der Waals surface area (Å²) in [6.07, 6.45) is 7.64. The molecule has 0 saturated carbocycles. The Hall–Kier alpha value is -1.25. The van der Waals surface area contributed by atoms with Gasteiger partial charge in [0.2, 0.25) is 0 Å². The van der Waals surface area contributed by atoms with Crippen molar-refractivity contribution in [1.29, 1.82) is 0 Å². The third kappa shape index (κ3) is 1.91. The van der Waals surface area contributed by atoms with E-state index in [0.29, 0.717) is 0 Å². The minimum Gasteiger partial charge on any atom is -0.481 e. The summed E-state index contributed by atoms with van der Waals surface area (Å²) in [6, 6.07) is 0. The summed E-state index contributed by atoms with van der Waals surface area (Å²) in [5.74, 6) is -1.12. The highest BCUT2D eigenvalue weighted by atomic mass is 16.4. The molecule has 1 aromatic rings. The van der Waals surface area contributed by atoms with Crippen LogP contribution in [0.3, 0.4) is 0 Å². The zero-order chi connectivity index (χ0) is 10.8. The Balaban J connectivity index is 2.33. The van der Waals surface area contributed by atoms with Gasteiger partial charge in [-0.1, -0.05) is 6.42 Å². The zero-order valence-electron chi connectivity index (χ0n) is 9.05. The van der Waals surface area contributed by atoms with E-state index < -0.39 is 5.97 Å². The first-order valence-corrected chi connectivity index (χ1v) is 5.62. The third-order valence-electron chi connectivity index (χ3n) is 3.31. The normalized spacial score (nSPS) is 17.9. The van der Waals surface area contributed by atoms with Gasteiger partial charge in [0, 0.05) is 11.9 Å². The van der Waals surface area contributed by atoms with Crippen molar-refractivity contribution in [1.82, 2.24) is 4.98 Å². The van der Waals surface area contributed by atoms with Crippen LogP contribution in [0.5, 0.6) is 0 Å². The number of carboxylic acids is 1. The summed E-state index contributed by atoms with van der Waals surface area (Å²) >= 11 is 0. The van der Waals surface area contributed by atoms with Crippen LogP contribution in [0.25, 0.3) is 0 Å². The fourth-order valence-corrected chi connectivity index (χ4v) is 2.33. The van der Waals surface area contributed by atoms with Gasteiger partial charge in [0.05, 0.1) is 5.92 Å². The highest BCUT2D eigenvalue weighted by Gasteiger charge is 2.21. The minimum absolute atomic E-state index is 0.386. The molecule has 0 aromatic carbocycles. The van der Waals surface area contributed by atoms with Crippen molar-refractivity contribution in [3.63, 3.8) is 0 Å². The molecule has 82 valence electrons. The van der Waals surface area contributed by atoms with E-state index in [1.807, 2.05) is 6.20 Å². The van der Waals surface area contributed by atoms with Crippen molar-refractivity contribution in [2.24, 2.45) is 0 Å². The maximum Gasteiger partial charge on any atom is 0.310 e. The van der Waals surface area contributed by atoms with Gasteiger partial charge >= 0.3 is 5.97 Å². The fourth-order valence-electron chi connectivity index (χ4n) is 2.33. The number of aryl methyl sites for hydroxylation is 1. The topological polar surface area (TPSA) is 53.1 Å². The zero-order valence-corrected chi connectivity index (χ0v) is 9.05. The van der Waals surface area contributed by atoms with E-state index in [-0.39, 0.29) is 5.92 Å². The Bertz CT molecular complexity index is 368. The number of hydrogen-bond acceptors (Lipinski definition) is 1. The molecule has 0 saturated heterocycles. The maximum absolute atomic E-state index is 11.0. The second-order valence-corrected chi connectivity index (χ2v) is 4.32. The van der Waals surface area contributed by atoms with Crippen LogP contribution in [-0.4, -0.2) is 16.1 Å². The van der Waals surface area contributed by atoms with E-state index in [0.717, 1.165) is 18.4 Å². The number of hydrogen-bond donors (Lipinski definition) is 2. The van der Waals surface area contributed by atoms with Gasteiger partial charge in [-0.3, -0.25) is 4.79 Å². The molecule has 15 heavy (non-hydrogen) atoms. The molecule has 0 aliphatic heterocycles. The number of nitrogens with one attached hydrogen (secondary N) is 1. The van der Waals surface area contributed by atoms with Crippen molar-refractivity contribution in [2.75, 3.05) is 0 Å². The number of carboxylic acid groups (broad SMARTS) is 1. The van der Waals surface area contributed by atoms with Crippen LogP contribution in [0.2, 0.25) is 0 Å². The van der Waals surface area contributed by atoms with Crippen molar-refractivity contribution in [3.8, 4) is 0 Å². The summed E-state index contributed by atoms with van der Waals surface area (Å²) < 4.78 is 0. The lowest BCUT2D eigenvalue weighted by Gasteiger charge is -2.07.